The fraction of sp³-hybridized carbons (Fsp3) is 0.600. The molecule has 0 bridgehead atoms. The fourth-order valence-corrected chi connectivity index (χ4v) is 1.81. The largest absolute Gasteiger partial charge is 0.379 e. The van der Waals surface area contributed by atoms with Gasteiger partial charge in [0.05, 0.1) is 5.60 Å². The van der Waals surface area contributed by atoms with E-state index in [0.29, 0.717) is 0 Å². The van der Waals surface area contributed by atoms with E-state index in [1.807, 2.05) is 14.1 Å². The van der Waals surface area contributed by atoms with Gasteiger partial charge in [0.1, 0.15) is 0 Å². The molecular weight excluding hydrogens is 224 g/mol. The molecule has 0 amide bonds. The Morgan fingerprint density at radius 1 is 1.33 bits per heavy atom. The minimum Gasteiger partial charge on any atom is -0.379 e. The molecule has 0 aliphatic heterocycles. The van der Waals surface area contributed by atoms with Crippen molar-refractivity contribution < 1.29 is 4.74 Å². The zero-order valence-electron chi connectivity index (χ0n) is 12.2. The number of benzene rings is 1. The highest BCUT2D eigenvalue weighted by molar-refractivity contribution is 5.47. The van der Waals surface area contributed by atoms with E-state index in [9.17, 15) is 0 Å². The molecule has 0 saturated heterocycles. The number of rotatable bonds is 6. The van der Waals surface area contributed by atoms with Crippen LogP contribution in [0.25, 0.3) is 0 Å². The summed E-state index contributed by atoms with van der Waals surface area (Å²) in [5, 5.41) is 0. The van der Waals surface area contributed by atoms with Gasteiger partial charge in [-0.15, -0.1) is 0 Å². The van der Waals surface area contributed by atoms with E-state index in [2.05, 4.69) is 43.0 Å². The van der Waals surface area contributed by atoms with Crippen molar-refractivity contribution in [2.24, 2.45) is 5.73 Å². The SMILES string of the molecule is COC(C)(C)CCC(N)c1cccc(N(C)C)c1. The maximum absolute atomic E-state index is 6.25. The number of ether oxygens (including phenoxy) is 1. The molecule has 1 aromatic carbocycles. The zero-order valence-corrected chi connectivity index (χ0v) is 12.2. The molecule has 3 nitrogen and oxygen atoms in total. The number of nitrogens with two attached hydrogens (primary N) is 1. The minimum atomic E-state index is -0.100. The number of nitrogens with zero attached hydrogens (tertiary/aromatic N) is 1. The lowest BCUT2D eigenvalue weighted by atomic mass is 9.95. The Labute approximate surface area is 111 Å². The second-order valence-electron chi connectivity index (χ2n) is 5.60. The van der Waals surface area contributed by atoms with E-state index in [1.165, 1.54) is 11.3 Å². The first-order valence-electron chi connectivity index (χ1n) is 6.44. The first kappa shape index (κ1) is 15.0. The summed E-state index contributed by atoms with van der Waals surface area (Å²) in [5.74, 6) is 0. The van der Waals surface area contributed by atoms with Crippen LogP contribution >= 0.6 is 0 Å². The van der Waals surface area contributed by atoms with Gasteiger partial charge in [0, 0.05) is 32.9 Å². The number of methoxy groups -OCH3 is 1. The molecule has 0 aliphatic rings. The van der Waals surface area contributed by atoms with Crippen molar-refractivity contribution in [3.63, 3.8) is 0 Å². The number of anilines is 1. The molecule has 0 aromatic heterocycles. The Hall–Kier alpha value is -1.06. The monoisotopic (exact) mass is 250 g/mol. The second-order valence-corrected chi connectivity index (χ2v) is 5.60. The van der Waals surface area contributed by atoms with Crippen LogP contribution in [0.1, 0.15) is 38.3 Å². The van der Waals surface area contributed by atoms with Crippen molar-refractivity contribution in [2.45, 2.75) is 38.3 Å². The van der Waals surface area contributed by atoms with Gasteiger partial charge in [0.2, 0.25) is 0 Å². The Kier molecular flexibility index (Phi) is 5.17. The first-order valence-corrected chi connectivity index (χ1v) is 6.44. The van der Waals surface area contributed by atoms with Crippen LogP contribution in [-0.4, -0.2) is 26.8 Å². The summed E-state index contributed by atoms with van der Waals surface area (Å²) < 4.78 is 5.42. The molecule has 1 atom stereocenters. The summed E-state index contributed by atoms with van der Waals surface area (Å²) in [6.45, 7) is 4.19. The van der Waals surface area contributed by atoms with Crippen LogP contribution in [0.15, 0.2) is 24.3 Å². The normalized spacial score (nSPS) is 13.4. The van der Waals surface area contributed by atoms with E-state index in [0.717, 1.165) is 12.8 Å². The van der Waals surface area contributed by atoms with Crippen molar-refractivity contribution in [1.29, 1.82) is 0 Å². The molecule has 1 rings (SSSR count). The average Bonchev–Trinajstić information content (AvgIpc) is 2.36. The molecule has 0 saturated carbocycles. The lowest BCUT2D eigenvalue weighted by molar-refractivity contribution is 0.0125. The average molecular weight is 250 g/mol. The third kappa shape index (κ3) is 4.31. The van der Waals surface area contributed by atoms with Crippen molar-refractivity contribution in [3.8, 4) is 0 Å². The molecular formula is C15H26N2O. The van der Waals surface area contributed by atoms with Gasteiger partial charge in [-0.2, -0.15) is 0 Å². The predicted octanol–water partition coefficient (Wildman–Crippen LogP) is 2.96. The zero-order chi connectivity index (χ0) is 13.8. The number of hydrogen-bond donors (Lipinski definition) is 1. The summed E-state index contributed by atoms with van der Waals surface area (Å²) in [4.78, 5) is 2.09. The highest BCUT2D eigenvalue weighted by Crippen LogP contribution is 2.24. The fourth-order valence-electron chi connectivity index (χ4n) is 1.81. The molecule has 0 radical (unpaired) electrons. The summed E-state index contributed by atoms with van der Waals surface area (Å²) in [5.41, 5.74) is 8.53. The van der Waals surface area contributed by atoms with E-state index >= 15 is 0 Å². The third-order valence-corrected chi connectivity index (χ3v) is 3.42. The molecule has 2 N–H and O–H groups in total. The van der Waals surface area contributed by atoms with Crippen molar-refractivity contribution >= 4 is 5.69 Å². The molecule has 0 aliphatic carbocycles. The van der Waals surface area contributed by atoms with E-state index in [1.54, 1.807) is 7.11 Å². The lowest BCUT2D eigenvalue weighted by Gasteiger charge is -2.25. The molecule has 1 unspecified atom stereocenters. The van der Waals surface area contributed by atoms with Gasteiger partial charge in [0.15, 0.2) is 0 Å². The van der Waals surface area contributed by atoms with Gasteiger partial charge in [0.25, 0.3) is 0 Å². The molecule has 18 heavy (non-hydrogen) atoms. The Bertz CT molecular complexity index is 375. The van der Waals surface area contributed by atoms with Gasteiger partial charge in [-0.25, -0.2) is 0 Å². The van der Waals surface area contributed by atoms with E-state index in [-0.39, 0.29) is 11.6 Å². The van der Waals surface area contributed by atoms with Crippen LogP contribution in [0, 0.1) is 0 Å². The number of hydrogen-bond acceptors (Lipinski definition) is 3. The predicted molar refractivity (Wildman–Crippen MR) is 78.0 cm³/mol. The molecule has 102 valence electrons. The maximum atomic E-state index is 6.25. The maximum Gasteiger partial charge on any atom is 0.0623 e. The van der Waals surface area contributed by atoms with Gasteiger partial charge in [-0.3, -0.25) is 0 Å². The van der Waals surface area contributed by atoms with Crippen LogP contribution in [-0.2, 0) is 4.74 Å². The van der Waals surface area contributed by atoms with Crippen LogP contribution in [0.2, 0.25) is 0 Å². The van der Waals surface area contributed by atoms with Crippen LogP contribution in [0.4, 0.5) is 5.69 Å². The van der Waals surface area contributed by atoms with Crippen molar-refractivity contribution in [3.05, 3.63) is 29.8 Å². The highest BCUT2D eigenvalue weighted by atomic mass is 16.5. The quantitative estimate of drug-likeness (QED) is 0.843. The molecule has 0 spiro atoms. The minimum absolute atomic E-state index is 0.0688. The van der Waals surface area contributed by atoms with Crippen LogP contribution in [0.5, 0.6) is 0 Å². The summed E-state index contributed by atoms with van der Waals surface area (Å²) >= 11 is 0. The Morgan fingerprint density at radius 3 is 2.56 bits per heavy atom. The van der Waals surface area contributed by atoms with Gasteiger partial charge >= 0.3 is 0 Å². The van der Waals surface area contributed by atoms with E-state index in [4.69, 9.17) is 10.5 Å². The van der Waals surface area contributed by atoms with Crippen LogP contribution < -0.4 is 10.6 Å². The van der Waals surface area contributed by atoms with E-state index < -0.39 is 0 Å². The molecule has 0 heterocycles. The van der Waals surface area contributed by atoms with Gasteiger partial charge < -0.3 is 15.4 Å². The summed E-state index contributed by atoms with van der Waals surface area (Å²) in [6.07, 6.45) is 1.88. The Morgan fingerprint density at radius 2 is 2.00 bits per heavy atom. The Balaban J connectivity index is 2.67. The molecule has 1 aromatic rings. The lowest BCUT2D eigenvalue weighted by Crippen LogP contribution is -2.24. The second kappa shape index (κ2) is 6.21. The standard InChI is InChI=1S/C15H26N2O/c1-15(2,18-5)10-9-14(16)12-7-6-8-13(11-12)17(3)4/h6-8,11,14H,9-10,16H2,1-5H3. The molecule has 0 fully saturated rings. The molecule has 3 heteroatoms. The first-order chi connectivity index (χ1) is 8.35. The highest BCUT2D eigenvalue weighted by Gasteiger charge is 2.18. The summed E-state index contributed by atoms with van der Waals surface area (Å²) in [6, 6.07) is 8.47. The van der Waals surface area contributed by atoms with Gasteiger partial charge in [-0.1, -0.05) is 12.1 Å². The van der Waals surface area contributed by atoms with Crippen molar-refractivity contribution in [2.75, 3.05) is 26.1 Å². The topological polar surface area (TPSA) is 38.5 Å². The van der Waals surface area contributed by atoms with Gasteiger partial charge in [-0.05, 0) is 44.4 Å². The summed E-state index contributed by atoms with van der Waals surface area (Å²) in [7, 11) is 5.83. The van der Waals surface area contributed by atoms with Crippen LogP contribution in [0.3, 0.4) is 0 Å². The smallest absolute Gasteiger partial charge is 0.0623 e. The third-order valence-electron chi connectivity index (χ3n) is 3.42. The van der Waals surface area contributed by atoms with Crippen molar-refractivity contribution in [1.82, 2.24) is 0 Å².